The van der Waals surface area contributed by atoms with E-state index in [0.717, 1.165) is 24.2 Å². The SMILES string of the molecule is CCOc1ccc(N(C(=O)OC(C)(C)C)c2c3c(nc4ccnn24)N(C2CCCN(C(=O)OC(C)(C)C)C2)[C@H](CO[Si](C)(C)C(C)(C)C)C3)cc1. The van der Waals surface area contributed by atoms with Crippen molar-refractivity contribution in [1.29, 1.82) is 0 Å². The van der Waals surface area contributed by atoms with Crippen LogP contribution < -0.4 is 14.5 Å². The van der Waals surface area contributed by atoms with Crippen LogP contribution in [0.25, 0.3) is 5.65 Å². The average molecular weight is 723 g/mol. The molecule has 0 aliphatic carbocycles. The summed E-state index contributed by atoms with van der Waals surface area (Å²) >= 11 is 0. The summed E-state index contributed by atoms with van der Waals surface area (Å²) in [4.78, 5) is 38.6. The van der Waals surface area contributed by atoms with Gasteiger partial charge in [-0.15, -0.1) is 0 Å². The van der Waals surface area contributed by atoms with Crippen LogP contribution in [0.1, 0.15) is 87.6 Å². The molecule has 2 aliphatic heterocycles. The van der Waals surface area contributed by atoms with Crippen LogP contribution in [0.4, 0.5) is 26.9 Å². The van der Waals surface area contributed by atoms with Crippen molar-refractivity contribution in [2.45, 2.75) is 130 Å². The topological polar surface area (TPSA) is 111 Å². The smallest absolute Gasteiger partial charge is 0.420 e. The monoisotopic (exact) mass is 722 g/mol. The Morgan fingerprint density at radius 1 is 0.961 bits per heavy atom. The van der Waals surface area contributed by atoms with Gasteiger partial charge in [0.2, 0.25) is 0 Å². The van der Waals surface area contributed by atoms with Gasteiger partial charge in [0.25, 0.3) is 0 Å². The van der Waals surface area contributed by atoms with Crippen LogP contribution >= 0.6 is 0 Å². The van der Waals surface area contributed by atoms with Gasteiger partial charge in [0.1, 0.15) is 22.8 Å². The molecule has 1 unspecified atom stereocenters. The number of amides is 2. The second-order valence-electron chi connectivity index (χ2n) is 17.1. The number of piperidine rings is 1. The lowest BCUT2D eigenvalue weighted by Gasteiger charge is -2.43. The van der Waals surface area contributed by atoms with Crippen LogP contribution in [0.3, 0.4) is 0 Å². The first-order chi connectivity index (χ1) is 23.7. The van der Waals surface area contributed by atoms with Gasteiger partial charge in [-0.1, -0.05) is 20.8 Å². The molecule has 5 rings (SSSR count). The second-order valence-corrected chi connectivity index (χ2v) is 21.9. The van der Waals surface area contributed by atoms with Gasteiger partial charge in [-0.05, 0) is 104 Å². The number of carbonyl (C=O) groups excluding carboxylic acids is 2. The van der Waals surface area contributed by atoms with Crippen molar-refractivity contribution < 1.29 is 28.2 Å². The highest BCUT2D eigenvalue weighted by Gasteiger charge is 2.45. The fourth-order valence-electron chi connectivity index (χ4n) is 6.37. The third-order valence-electron chi connectivity index (χ3n) is 9.74. The van der Waals surface area contributed by atoms with Crippen LogP contribution in [0, 0.1) is 0 Å². The van der Waals surface area contributed by atoms with Crippen molar-refractivity contribution in [3.63, 3.8) is 0 Å². The zero-order chi connectivity index (χ0) is 37.5. The van der Waals surface area contributed by atoms with Crippen molar-refractivity contribution in [2.24, 2.45) is 0 Å². The standard InChI is InChI=1S/C38H58N6O6Si/c1-13-47-29-18-16-26(17-19-29)43(35(46)50-37(5,6)7)33-30-23-28(25-48-51(11,12)38(8,9)10)42(32(30)40-31-20-21-39-44(31)33)27-15-14-22-41(24-27)34(45)49-36(2,3)4/h16-21,27-28H,13-15,22-25H2,1-12H3/t27?,28-/m0/s1. The Balaban J connectivity index is 1.65. The van der Waals surface area contributed by atoms with Crippen LogP contribution in [0.2, 0.25) is 18.1 Å². The number of ether oxygens (including phenoxy) is 3. The lowest BCUT2D eigenvalue weighted by Crippen LogP contribution is -2.55. The van der Waals surface area contributed by atoms with Gasteiger partial charge in [0.05, 0.1) is 31.1 Å². The van der Waals surface area contributed by atoms with E-state index in [1.165, 1.54) is 0 Å². The first-order valence-electron chi connectivity index (χ1n) is 18.2. The summed E-state index contributed by atoms with van der Waals surface area (Å²) in [6, 6.07) is 9.13. The Bertz CT molecular complexity index is 1700. The summed E-state index contributed by atoms with van der Waals surface area (Å²) in [7, 11) is -2.14. The molecule has 280 valence electrons. The molecule has 13 heteroatoms. The molecule has 2 aliphatic rings. The first kappa shape index (κ1) is 38.4. The third kappa shape index (κ3) is 8.62. The average Bonchev–Trinajstić information content (AvgIpc) is 3.63. The van der Waals surface area contributed by atoms with Crippen molar-refractivity contribution >= 4 is 43.5 Å². The molecule has 1 fully saturated rings. The van der Waals surface area contributed by atoms with E-state index in [1.807, 2.05) is 83.7 Å². The van der Waals surface area contributed by atoms with Crippen LogP contribution in [-0.4, -0.2) is 89.6 Å². The molecule has 2 amide bonds. The number of benzene rings is 1. The summed E-state index contributed by atoms with van der Waals surface area (Å²) in [6.45, 7) is 26.5. The number of aromatic nitrogens is 3. The van der Waals surface area contributed by atoms with E-state index in [0.29, 0.717) is 55.6 Å². The molecule has 0 saturated carbocycles. The van der Waals surface area contributed by atoms with Gasteiger partial charge in [0.15, 0.2) is 19.8 Å². The number of fused-ring (bicyclic) bond motifs is 2. The predicted molar refractivity (Wildman–Crippen MR) is 203 cm³/mol. The first-order valence-corrected chi connectivity index (χ1v) is 21.1. The van der Waals surface area contributed by atoms with Crippen LogP contribution in [-0.2, 0) is 20.3 Å². The molecule has 0 bridgehead atoms. The summed E-state index contributed by atoms with van der Waals surface area (Å²) in [5, 5.41) is 4.71. The number of rotatable bonds is 8. The third-order valence-corrected chi connectivity index (χ3v) is 14.2. The number of nitrogens with zero attached hydrogens (tertiary/aromatic N) is 6. The Kier molecular flexibility index (Phi) is 10.8. The maximum Gasteiger partial charge on any atom is 0.420 e. The number of hydrogen-bond donors (Lipinski definition) is 0. The second kappa shape index (κ2) is 14.3. The van der Waals surface area contributed by atoms with E-state index >= 15 is 0 Å². The van der Waals surface area contributed by atoms with E-state index < -0.39 is 25.6 Å². The quantitative estimate of drug-likeness (QED) is 0.212. The van der Waals surface area contributed by atoms with Crippen LogP contribution in [0.15, 0.2) is 36.5 Å². The molecule has 4 heterocycles. The number of hydrogen-bond acceptors (Lipinski definition) is 9. The number of anilines is 3. The lowest BCUT2D eigenvalue weighted by molar-refractivity contribution is 0.0194. The minimum atomic E-state index is -2.14. The zero-order valence-corrected chi connectivity index (χ0v) is 33.7. The summed E-state index contributed by atoms with van der Waals surface area (Å²) in [6.07, 6.45) is 3.10. The molecule has 0 N–H and O–H groups in total. The van der Waals surface area contributed by atoms with Gasteiger partial charge in [-0.25, -0.2) is 19.5 Å². The molecule has 1 aromatic carbocycles. The fourth-order valence-corrected chi connectivity index (χ4v) is 7.41. The molecule has 0 radical (unpaired) electrons. The highest BCUT2D eigenvalue weighted by Crippen LogP contribution is 2.44. The lowest BCUT2D eigenvalue weighted by atomic mass is 10.0. The highest BCUT2D eigenvalue weighted by atomic mass is 28.4. The number of carbonyl (C=O) groups is 2. The van der Waals surface area contributed by atoms with Crippen LogP contribution in [0.5, 0.6) is 5.75 Å². The van der Waals surface area contributed by atoms with E-state index in [2.05, 4.69) is 43.9 Å². The summed E-state index contributed by atoms with van der Waals surface area (Å²) in [5.74, 6) is 2.03. The molecule has 2 aromatic heterocycles. The molecule has 12 nitrogen and oxygen atoms in total. The normalized spacial score (nSPS) is 18.5. The van der Waals surface area contributed by atoms with Crippen molar-refractivity contribution in [1.82, 2.24) is 19.5 Å². The Morgan fingerprint density at radius 2 is 1.63 bits per heavy atom. The van der Waals surface area contributed by atoms with E-state index in [9.17, 15) is 9.59 Å². The highest BCUT2D eigenvalue weighted by molar-refractivity contribution is 6.74. The fraction of sp³-hybridized carbons (Fsp3) is 0.632. The maximum absolute atomic E-state index is 14.3. The van der Waals surface area contributed by atoms with E-state index in [4.69, 9.17) is 23.6 Å². The molecular weight excluding hydrogens is 665 g/mol. The Labute approximate surface area is 304 Å². The van der Waals surface area contributed by atoms with Crippen molar-refractivity contribution in [2.75, 3.05) is 36.1 Å². The van der Waals surface area contributed by atoms with Gasteiger partial charge >= 0.3 is 12.2 Å². The molecule has 2 atom stereocenters. The largest absolute Gasteiger partial charge is 0.494 e. The van der Waals surface area contributed by atoms with Crippen molar-refractivity contribution in [3.8, 4) is 5.75 Å². The van der Waals surface area contributed by atoms with Gasteiger partial charge in [-0.2, -0.15) is 9.61 Å². The van der Waals surface area contributed by atoms with Crippen molar-refractivity contribution in [3.05, 3.63) is 42.1 Å². The molecule has 51 heavy (non-hydrogen) atoms. The van der Waals surface area contributed by atoms with E-state index in [1.54, 1.807) is 15.6 Å². The van der Waals surface area contributed by atoms with E-state index in [-0.39, 0.29) is 23.2 Å². The summed E-state index contributed by atoms with van der Waals surface area (Å²) < 4.78 is 26.2. The summed E-state index contributed by atoms with van der Waals surface area (Å²) in [5.41, 5.74) is 0.723. The predicted octanol–water partition coefficient (Wildman–Crippen LogP) is 8.35. The maximum atomic E-state index is 14.3. The van der Waals surface area contributed by atoms with Gasteiger partial charge < -0.3 is 28.4 Å². The zero-order valence-electron chi connectivity index (χ0n) is 32.7. The number of likely N-dealkylation sites (tertiary alicyclic amines) is 1. The molecular formula is C38H58N6O6Si. The minimum absolute atomic E-state index is 0.0207. The Hall–Kier alpha value is -3.84. The van der Waals surface area contributed by atoms with Gasteiger partial charge in [0, 0.05) is 37.2 Å². The Morgan fingerprint density at radius 3 is 2.24 bits per heavy atom. The molecule has 3 aromatic rings. The molecule has 0 spiro atoms. The van der Waals surface area contributed by atoms with Gasteiger partial charge in [-0.3, -0.25) is 0 Å². The molecule has 1 saturated heterocycles. The minimum Gasteiger partial charge on any atom is -0.494 e.